The molecule has 2 rings (SSSR count). The standard InChI is InChI=1S/C14H18N4O2S/c1-10-4-3-5-12(17-10)9-18(2)13-6-11(15)7-14(8-13)21(16,19)20/h3-8H,9,15H2,1-2H3,(H2,16,19,20). The molecule has 0 saturated heterocycles. The maximum absolute atomic E-state index is 11.5. The maximum Gasteiger partial charge on any atom is 0.238 e. The zero-order valence-electron chi connectivity index (χ0n) is 11.9. The van der Waals surface area contributed by atoms with E-state index < -0.39 is 10.0 Å². The average Bonchev–Trinajstić information content (AvgIpc) is 2.37. The zero-order chi connectivity index (χ0) is 15.6. The average molecular weight is 306 g/mol. The fraction of sp³-hybridized carbons (Fsp3) is 0.214. The Balaban J connectivity index is 2.31. The van der Waals surface area contributed by atoms with E-state index >= 15 is 0 Å². The predicted molar refractivity (Wildman–Crippen MR) is 83.3 cm³/mol. The van der Waals surface area contributed by atoms with E-state index in [0.29, 0.717) is 17.9 Å². The molecule has 0 aliphatic rings. The summed E-state index contributed by atoms with van der Waals surface area (Å²) in [6.07, 6.45) is 0. The summed E-state index contributed by atoms with van der Waals surface area (Å²) in [5.41, 5.74) is 8.58. The fourth-order valence-electron chi connectivity index (χ4n) is 2.01. The van der Waals surface area contributed by atoms with Crippen molar-refractivity contribution in [2.24, 2.45) is 5.14 Å². The molecule has 0 amide bonds. The Bertz CT molecular complexity index is 759. The number of benzene rings is 1. The van der Waals surface area contributed by atoms with Crippen LogP contribution in [0, 0.1) is 6.92 Å². The molecule has 112 valence electrons. The highest BCUT2D eigenvalue weighted by molar-refractivity contribution is 7.89. The molecule has 0 bridgehead atoms. The number of nitrogens with two attached hydrogens (primary N) is 2. The number of rotatable bonds is 4. The van der Waals surface area contributed by atoms with Gasteiger partial charge in [-0.3, -0.25) is 4.98 Å². The van der Waals surface area contributed by atoms with Gasteiger partial charge in [0.25, 0.3) is 0 Å². The second kappa shape index (κ2) is 5.71. The number of pyridine rings is 1. The van der Waals surface area contributed by atoms with Gasteiger partial charge in [0.15, 0.2) is 0 Å². The molecule has 1 aromatic carbocycles. The summed E-state index contributed by atoms with van der Waals surface area (Å²) in [4.78, 5) is 6.29. The molecular weight excluding hydrogens is 288 g/mol. The van der Waals surface area contributed by atoms with Crippen molar-refractivity contribution in [3.05, 3.63) is 47.8 Å². The van der Waals surface area contributed by atoms with E-state index in [1.165, 1.54) is 12.1 Å². The normalized spacial score (nSPS) is 11.4. The molecule has 6 nitrogen and oxygen atoms in total. The van der Waals surface area contributed by atoms with E-state index in [4.69, 9.17) is 10.9 Å². The van der Waals surface area contributed by atoms with E-state index in [1.54, 1.807) is 6.07 Å². The first-order valence-electron chi connectivity index (χ1n) is 6.33. The van der Waals surface area contributed by atoms with Crippen LogP contribution in [0.2, 0.25) is 0 Å². The van der Waals surface area contributed by atoms with Gasteiger partial charge in [-0.05, 0) is 37.3 Å². The van der Waals surface area contributed by atoms with Gasteiger partial charge in [-0.15, -0.1) is 0 Å². The number of primary sulfonamides is 1. The van der Waals surface area contributed by atoms with Crippen LogP contribution in [0.4, 0.5) is 11.4 Å². The Labute approximate surface area is 124 Å². The van der Waals surface area contributed by atoms with Gasteiger partial charge in [0.1, 0.15) is 0 Å². The smallest absolute Gasteiger partial charge is 0.238 e. The van der Waals surface area contributed by atoms with Crippen LogP contribution >= 0.6 is 0 Å². The largest absolute Gasteiger partial charge is 0.399 e. The molecular formula is C14H18N4O2S. The van der Waals surface area contributed by atoms with Crippen LogP contribution in [0.25, 0.3) is 0 Å². The number of anilines is 2. The number of aromatic nitrogens is 1. The summed E-state index contributed by atoms with van der Waals surface area (Å²) in [5.74, 6) is 0. The lowest BCUT2D eigenvalue weighted by Crippen LogP contribution is -2.19. The molecule has 21 heavy (non-hydrogen) atoms. The Kier molecular flexibility index (Phi) is 4.15. The summed E-state index contributed by atoms with van der Waals surface area (Å²) in [6, 6.07) is 10.3. The number of nitrogen functional groups attached to an aromatic ring is 1. The van der Waals surface area contributed by atoms with Crippen LogP contribution in [0.1, 0.15) is 11.4 Å². The molecule has 0 fully saturated rings. The van der Waals surface area contributed by atoms with Crippen molar-refractivity contribution in [1.82, 2.24) is 4.98 Å². The quantitative estimate of drug-likeness (QED) is 0.828. The van der Waals surface area contributed by atoms with Crippen molar-refractivity contribution in [1.29, 1.82) is 0 Å². The van der Waals surface area contributed by atoms with E-state index in [9.17, 15) is 8.42 Å². The van der Waals surface area contributed by atoms with Gasteiger partial charge in [-0.25, -0.2) is 13.6 Å². The van der Waals surface area contributed by atoms with E-state index in [0.717, 1.165) is 11.4 Å². The molecule has 0 atom stereocenters. The second-order valence-corrected chi connectivity index (χ2v) is 6.49. The lowest BCUT2D eigenvalue weighted by Gasteiger charge is -2.20. The first-order chi connectivity index (χ1) is 9.75. The van der Waals surface area contributed by atoms with Gasteiger partial charge < -0.3 is 10.6 Å². The Morgan fingerprint density at radius 3 is 2.57 bits per heavy atom. The molecule has 4 N–H and O–H groups in total. The van der Waals surface area contributed by atoms with Crippen molar-refractivity contribution in [2.45, 2.75) is 18.4 Å². The van der Waals surface area contributed by atoms with Crippen LogP contribution < -0.4 is 15.8 Å². The minimum atomic E-state index is -3.78. The van der Waals surface area contributed by atoms with Crippen molar-refractivity contribution >= 4 is 21.4 Å². The van der Waals surface area contributed by atoms with Crippen LogP contribution in [-0.4, -0.2) is 20.4 Å². The van der Waals surface area contributed by atoms with Gasteiger partial charge in [-0.1, -0.05) is 6.07 Å². The minimum absolute atomic E-state index is 0.00144. The highest BCUT2D eigenvalue weighted by Gasteiger charge is 2.12. The molecule has 0 aliphatic heterocycles. The minimum Gasteiger partial charge on any atom is -0.399 e. The summed E-state index contributed by atoms with van der Waals surface area (Å²) >= 11 is 0. The Morgan fingerprint density at radius 1 is 1.24 bits per heavy atom. The van der Waals surface area contributed by atoms with Crippen LogP contribution in [0.3, 0.4) is 0 Å². The van der Waals surface area contributed by atoms with E-state index in [-0.39, 0.29) is 4.90 Å². The predicted octanol–water partition coefficient (Wildman–Crippen LogP) is 1.26. The van der Waals surface area contributed by atoms with E-state index in [2.05, 4.69) is 4.98 Å². The van der Waals surface area contributed by atoms with Crippen molar-refractivity contribution in [2.75, 3.05) is 17.7 Å². The molecule has 7 heteroatoms. The Morgan fingerprint density at radius 2 is 1.95 bits per heavy atom. The first-order valence-corrected chi connectivity index (χ1v) is 7.87. The molecule has 1 heterocycles. The highest BCUT2D eigenvalue weighted by atomic mass is 32.2. The van der Waals surface area contributed by atoms with Crippen molar-refractivity contribution < 1.29 is 8.42 Å². The van der Waals surface area contributed by atoms with Gasteiger partial charge >= 0.3 is 0 Å². The first kappa shape index (κ1) is 15.3. The topological polar surface area (TPSA) is 102 Å². The summed E-state index contributed by atoms with van der Waals surface area (Å²) in [5, 5.41) is 5.15. The third-order valence-corrected chi connectivity index (χ3v) is 3.92. The molecule has 2 aromatic rings. The van der Waals surface area contributed by atoms with Gasteiger partial charge in [0.2, 0.25) is 10.0 Å². The summed E-state index contributed by atoms with van der Waals surface area (Å²) in [7, 11) is -1.94. The van der Waals surface area contributed by atoms with E-state index in [1.807, 2.05) is 37.1 Å². The highest BCUT2D eigenvalue weighted by Crippen LogP contribution is 2.23. The number of hydrogen-bond donors (Lipinski definition) is 2. The molecule has 0 saturated carbocycles. The molecule has 0 radical (unpaired) electrons. The van der Waals surface area contributed by atoms with Gasteiger partial charge in [0, 0.05) is 24.1 Å². The molecule has 1 aromatic heterocycles. The van der Waals surface area contributed by atoms with Crippen LogP contribution in [0.15, 0.2) is 41.3 Å². The molecule has 0 spiro atoms. The Hall–Kier alpha value is -2.12. The third kappa shape index (κ3) is 3.93. The number of hydrogen-bond acceptors (Lipinski definition) is 5. The number of sulfonamides is 1. The lowest BCUT2D eigenvalue weighted by atomic mass is 10.2. The van der Waals surface area contributed by atoms with Crippen LogP contribution in [-0.2, 0) is 16.6 Å². The zero-order valence-corrected chi connectivity index (χ0v) is 12.8. The molecule has 0 unspecified atom stereocenters. The molecule has 0 aliphatic carbocycles. The SMILES string of the molecule is Cc1cccc(CN(C)c2cc(N)cc(S(N)(=O)=O)c2)n1. The van der Waals surface area contributed by atoms with Gasteiger partial charge in [-0.2, -0.15) is 0 Å². The summed E-state index contributed by atoms with van der Waals surface area (Å²) < 4.78 is 22.9. The van der Waals surface area contributed by atoms with Crippen LogP contribution in [0.5, 0.6) is 0 Å². The lowest BCUT2D eigenvalue weighted by molar-refractivity contribution is 0.598. The van der Waals surface area contributed by atoms with Crippen molar-refractivity contribution in [3.63, 3.8) is 0 Å². The van der Waals surface area contributed by atoms with Crippen molar-refractivity contribution in [3.8, 4) is 0 Å². The maximum atomic E-state index is 11.5. The summed E-state index contributed by atoms with van der Waals surface area (Å²) in [6.45, 7) is 2.46. The number of aryl methyl sites for hydroxylation is 1. The van der Waals surface area contributed by atoms with Gasteiger partial charge in [0.05, 0.1) is 17.1 Å². The number of nitrogens with zero attached hydrogens (tertiary/aromatic N) is 2. The fourth-order valence-corrected chi connectivity index (χ4v) is 2.60. The second-order valence-electron chi connectivity index (χ2n) is 4.93. The monoisotopic (exact) mass is 306 g/mol. The third-order valence-electron chi connectivity index (χ3n) is 3.03.